The van der Waals surface area contributed by atoms with Crippen LogP contribution in [0.3, 0.4) is 0 Å². The fourth-order valence-corrected chi connectivity index (χ4v) is 4.14. The maximum atomic E-state index is 12.9. The zero-order chi connectivity index (χ0) is 17.8. The lowest BCUT2D eigenvalue weighted by Gasteiger charge is -2.36. The van der Waals surface area contributed by atoms with Crippen molar-refractivity contribution in [3.8, 4) is 0 Å². The Morgan fingerprint density at radius 1 is 1.04 bits per heavy atom. The highest BCUT2D eigenvalue weighted by molar-refractivity contribution is 5.94. The smallest absolute Gasteiger partial charge is 0.251 e. The van der Waals surface area contributed by atoms with Crippen LogP contribution in [0, 0.1) is 0 Å². The number of hydrogen-bond acceptors (Lipinski definition) is 5. The van der Waals surface area contributed by atoms with Crippen LogP contribution in [-0.4, -0.2) is 73.8 Å². The lowest BCUT2D eigenvalue weighted by molar-refractivity contribution is -0.127. The summed E-state index contributed by atoms with van der Waals surface area (Å²) in [7, 11) is 0. The molecule has 1 N–H and O–H groups in total. The van der Waals surface area contributed by atoms with Gasteiger partial charge < -0.3 is 19.7 Å². The van der Waals surface area contributed by atoms with Crippen molar-refractivity contribution < 1.29 is 14.3 Å². The fraction of sp³-hybridized carbons (Fsp3) is 0.750. The summed E-state index contributed by atoms with van der Waals surface area (Å²) >= 11 is 0. The van der Waals surface area contributed by atoms with E-state index in [1.54, 1.807) is 0 Å². The molecule has 4 rings (SSSR count). The summed E-state index contributed by atoms with van der Waals surface area (Å²) in [6, 6.07) is 0.772. The molecule has 0 atom stereocenters. The molecule has 0 spiro atoms. The van der Waals surface area contributed by atoms with Crippen molar-refractivity contribution in [3.05, 3.63) is 23.6 Å². The Hall–Kier alpha value is -1.53. The zero-order valence-electron chi connectivity index (χ0n) is 15.6. The average molecular weight is 361 g/mol. The second-order valence-electron chi connectivity index (χ2n) is 7.77. The van der Waals surface area contributed by atoms with Gasteiger partial charge >= 0.3 is 0 Å². The maximum absolute atomic E-state index is 12.9. The van der Waals surface area contributed by atoms with E-state index in [0.717, 1.165) is 76.2 Å². The third-order valence-electron chi connectivity index (χ3n) is 6.03. The normalized spacial score (nSPS) is 26.2. The van der Waals surface area contributed by atoms with E-state index in [-0.39, 0.29) is 12.0 Å². The van der Waals surface area contributed by atoms with Crippen molar-refractivity contribution in [1.82, 2.24) is 15.1 Å². The lowest BCUT2D eigenvalue weighted by atomic mass is 9.91. The van der Waals surface area contributed by atoms with Crippen LogP contribution >= 0.6 is 0 Å². The largest absolute Gasteiger partial charge is 0.476 e. The second-order valence-corrected chi connectivity index (χ2v) is 7.77. The van der Waals surface area contributed by atoms with Gasteiger partial charge in [0.2, 0.25) is 0 Å². The summed E-state index contributed by atoms with van der Waals surface area (Å²) in [4.78, 5) is 17.5. The zero-order valence-corrected chi connectivity index (χ0v) is 15.6. The van der Waals surface area contributed by atoms with Gasteiger partial charge in [0.05, 0.1) is 13.2 Å². The first-order valence-electron chi connectivity index (χ1n) is 10.2. The van der Waals surface area contributed by atoms with E-state index < -0.39 is 0 Å². The molecule has 0 radical (unpaired) electrons. The Morgan fingerprint density at radius 2 is 1.88 bits per heavy atom. The van der Waals surface area contributed by atoms with Crippen LogP contribution in [0.2, 0.25) is 0 Å². The summed E-state index contributed by atoms with van der Waals surface area (Å²) < 4.78 is 11.3. The predicted octanol–water partition coefficient (Wildman–Crippen LogP) is 1.64. The topological polar surface area (TPSA) is 54.0 Å². The quantitative estimate of drug-likeness (QED) is 0.825. The first kappa shape index (κ1) is 17.9. The molecule has 3 heterocycles. The molecular formula is C20H31N3O3. The average Bonchev–Trinajstić information content (AvgIpc) is 2.87. The Labute approximate surface area is 156 Å². The number of nitrogens with zero attached hydrogens (tertiary/aromatic N) is 2. The molecule has 1 saturated carbocycles. The number of dihydropyridines is 1. The number of allylic oxidation sites excluding steroid dienone is 2. The molecule has 1 aliphatic carbocycles. The molecule has 3 aliphatic heterocycles. The van der Waals surface area contributed by atoms with Crippen molar-refractivity contribution in [2.75, 3.05) is 45.9 Å². The fourth-order valence-electron chi connectivity index (χ4n) is 4.14. The highest BCUT2D eigenvalue weighted by Gasteiger charge is 2.29. The van der Waals surface area contributed by atoms with Crippen LogP contribution in [-0.2, 0) is 14.3 Å². The summed E-state index contributed by atoms with van der Waals surface area (Å²) in [5, 5.41) is 3.27. The lowest BCUT2D eigenvalue weighted by Crippen LogP contribution is -2.43. The Kier molecular flexibility index (Phi) is 5.80. The van der Waals surface area contributed by atoms with E-state index in [1.807, 2.05) is 17.1 Å². The summed E-state index contributed by atoms with van der Waals surface area (Å²) in [6.07, 6.45) is 11.0. The Balaban J connectivity index is 1.30. The predicted molar refractivity (Wildman–Crippen MR) is 99.5 cm³/mol. The van der Waals surface area contributed by atoms with Crippen LogP contribution in [0.25, 0.3) is 0 Å². The van der Waals surface area contributed by atoms with E-state index in [2.05, 4.69) is 10.2 Å². The molecule has 0 aromatic carbocycles. The molecule has 4 aliphatic rings. The van der Waals surface area contributed by atoms with Crippen LogP contribution in [0.5, 0.6) is 0 Å². The van der Waals surface area contributed by atoms with Gasteiger partial charge in [-0.15, -0.1) is 0 Å². The minimum absolute atomic E-state index is 0.175. The summed E-state index contributed by atoms with van der Waals surface area (Å²) in [5.41, 5.74) is 0.835. The minimum Gasteiger partial charge on any atom is -0.476 e. The van der Waals surface area contributed by atoms with Crippen LogP contribution in [0.15, 0.2) is 23.6 Å². The van der Waals surface area contributed by atoms with Gasteiger partial charge in [-0.1, -0.05) is 6.42 Å². The SMILES string of the molecule is O=C(C1=CC=C(OC2CCOCC2)NC1)N1CCCN(C2CCC2)CC1. The van der Waals surface area contributed by atoms with Gasteiger partial charge in [0.1, 0.15) is 6.10 Å². The molecule has 144 valence electrons. The molecule has 0 unspecified atom stereocenters. The van der Waals surface area contributed by atoms with Gasteiger partial charge in [-0.2, -0.15) is 0 Å². The Bertz CT molecular complexity index is 565. The van der Waals surface area contributed by atoms with Crippen LogP contribution in [0.4, 0.5) is 0 Å². The van der Waals surface area contributed by atoms with E-state index in [4.69, 9.17) is 9.47 Å². The third kappa shape index (κ3) is 4.23. The molecule has 6 heteroatoms. The highest BCUT2D eigenvalue weighted by atomic mass is 16.5. The number of ether oxygens (including phenoxy) is 2. The van der Waals surface area contributed by atoms with Crippen molar-refractivity contribution in [1.29, 1.82) is 0 Å². The van der Waals surface area contributed by atoms with Crippen molar-refractivity contribution >= 4 is 5.91 Å². The standard InChI is InChI=1S/C20H31N3O3/c24-20(23-10-2-9-22(11-12-23)17-3-1-4-17)16-5-6-19(21-15-16)26-18-7-13-25-14-8-18/h5-6,17-18,21H,1-4,7-15H2. The van der Waals surface area contributed by atoms with Crippen molar-refractivity contribution in [2.24, 2.45) is 0 Å². The number of carbonyl (C=O) groups is 1. The molecule has 0 aromatic heterocycles. The molecule has 3 fully saturated rings. The number of nitrogens with one attached hydrogen (secondary N) is 1. The molecular weight excluding hydrogens is 330 g/mol. The van der Waals surface area contributed by atoms with Crippen molar-refractivity contribution in [2.45, 2.75) is 50.7 Å². The molecule has 0 bridgehead atoms. The number of hydrogen-bond donors (Lipinski definition) is 1. The van der Waals surface area contributed by atoms with Gasteiger partial charge in [-0.05, 0) is 31.4 Å². The van der Waals surface area contributed by atoms with Crippen molar-refractivity contribution in [3.63, 3.8) is 0 Å². The first-order chi connectivity index (χ1) is 12.8. The second kappa shape index (κ2) is 8.44. The number of carbonyl (C=O) groups excluding carboxylic acids is 1. The summed E-state index contributed by atoms with van der Waals surface area (Å²) in [5.74, 6) is 0.954. The number of rotatable bonds is 4. The molecule has 26 heavy (non-hydrogen) atoms. The van der Waals surface area contributed by atoms with Gasteiger partial charge in [-0.3, -0.25) is 9.69 Å². The first-order valence-corrected chi connectivity index (χ1v) is 10.2. The molecule has 1 amide bonds. The van der Waals surface area contributed by atoms with Gasteiger partial charge in [0, 0.05) is 57.2 Å². The van der Waals surface area contributed by atoms with Gasteiger partial charge in [0.25, 0.3) is 5.91 Å². The molecule has 2 saturated heterocycles. The molecule has 6 nitrogen and oxygen atoms in total. The van der Waals surface area contributed by atoms with E-state index in [9.17, 15) is 4.79 Å². The molecule has 0 aromatic rings. The monoisotopic (exact) mass is 361 g/mol. The van der Waals surface area contributed by atoms with Crippen LogP contribution < -0.4 is 5.32 Å². The van der Waals surface area contributed by atoms with E-state index in [1.165, 1.54) is 19.3 Å². The maximum Gasteiger partial charge on any atom is 0.251 e. The van der Waals surface area contributed by atoms with Crippen LogP contribution in [0.1, 0.15) is 38.5 Å². The summed E-state index contributed by atoms with van der Waals surface area (Å²) in [6.45, 7) is 5.96. The Morgan fingerprint density at radius 3 is 2.58 bits per heavy atom. The van der Waals surface area contributed by atoms with E-state index in [0.29, 0.717) is 6.54 Å². The van der Waals surface area contributed by atoms with E-state index >= 15 is 0 Å². The third-order valence-corrected chi connectivity index (χ3v) is 6.03. The minimum atomic E-state index is 0.175. The van der Waals surface area contributed by atoms with Gasteiger partial charge in [-0.25, -0.2) is 0 Å². The van der Waals surface area contributed by atoms with Gasteiger partial charge in [0.15, 0.2) is 5.88 Å². The highest BCUT2D eigenvalue weighted by Crippen LogP contribution is 2.26. The number of amides is 1.